The highest BCUT2D eigenvalue weighted by atomic mass is 35.5. The molecule has 0 amide bonds. The zero-order valence-electron chi connectivity index (χ0n) is 10.9. The van der Waals surface area contributed by atoms with Gasteiger partial charge in [-0.3, -0.25) is 0 Å². The number of rotatable bonds is 2. The number of halogens is 2. The minimum atomic E-state index is -0.469. The second kappa shape index (κ2) is 5.64. The molecule has 0 N–H and O–H groups in total. The van der Waals surface area contributed by atoms with Gasteiger partial charge in [-0.2, -0.15) is 0 Å². The van der Waals surface area contributed by atoms with Gasteiger partial charge < -0.3 is 4.74 Å². The van der Waals surface area contributed by atoms with Gasteiger partial charge in [-0.25, -0.2) is 9.79 Å². The van der Waals surface area contributed by atoms with Crippen LogP contribution in [-0.2, 0) is 9.53 Å². The van der Waals surface area contributed by atoms with Gasteiger partial charge in [0.1, 0.15) is 0 Å². The van der Waals surface area contributed by atoms with Crippen LogP contribution in [0.4, 0.5) is 0 Å². The molecule has 21 heavy (non-hydrogen) atoms. The first-order valence-corrected chi connectivity index (χ1v) is 7.70. The lowest BCUT2D eigenvalue weighted by Crippen LogP contribution is -2.05. The van der Waals surface area contributed by atoms with Gasteiger partial charge in [0.15, 0.2) is 5.70 Å². The summed E-state index contributed by atoms with van der Waals surface area (Å²) >= 11 is 13.4. The summed E-state index contributed by atoms with van der Waals surface area (Å²) in [5.41, 5.74) is 1.99. The molecule has 0 unspecified atom stereocenters. The molecule has 106 valence electrons. The molecule has 0 atom stereocenters. The average Bonchev–Trinajstić information content (AvgIpc) is 3.01. The maximum Gasteiger partial charge on any atom is 0.363 e. The van der Waals surface area contributed by atoms with Crippen LogP contribution in [0.3, 0.4) is 0 Å². The molecule has 1 aliphatic rings. The predicted octanol–water partition coefficient (Wildman–Crippen LogP) is 4.71. The highest BCUT2D eigenvalue weighted by Crippen LogP contribution is 2.27. The molecule has 3 rings (SSSR count). The lowest BCUT2D eigenvalue weighted by atomic mass is 10.2. The van der Waals surface area contributed by atoms with Crippen molar-refractivity contribution in [2.75, 3.05) is 0 Å². The fourth-order valence-electron chi connectivity index (χ4n) is 1.82. The minimum Gasteiger partial charge on any atom is -0.402 e. The molecule has 0 aliphatic carbocycles. The fourth-order valence-corrected chi connectivity index (χ4v) is 2.97. The third kappa shape index (κ3) is 2.88. The van der Waals surface area contributed by atoms with Crippen LogP contribution in [0, 0.1) is 6.92 Å². The Morgan fingerprint density at radius 3 is 2.71 bits per heavy atom. The SMILES string of the molecule is Cc1ccsc1/C=C1\N=C(c2ccc(Cl)c(Cl)c2)OC1=O. The lowest BCUT2D eigenvalue weighted by Gasteiger charge is -2.01. The number of aliphatic imine (C=N–C) groups is 1. The summed E-state index contributed by atoms with van der Waals surface area (Å²) in [6.45, 7) is 1.98. The molecular weight excluding hydrogens is 329 g/mol. The number of thiophene rings is 1. The maximum atomic E-state index is 11.9. The Labute approximate surface area is 135 Å². The third-order valence-corrected chi connectivity index (χ3v) is 4.66. The van der Waals surface area contributed by atoms with E-state index < -0.39 is 5.97 Å². The van der Waals surface area contributed by atoms with Crippen LogP contribution in [0.2, 0.25) is 10.0 Å². The quantitative estimate of drug-likeness (QED) is 0.588. The first-order valence-electron chi connectivity index (χ1n) is 6.06. The van der Waals surface area contributed by atoms with Gasteiger partial charge in [-0.15, -0.1) is 11.3 Å². The first-order chi connectivity index (χ1) is 10.0. The zero-order chi connectivity index (χ0) is 15.0. The Bertz CT molecular complexity index is 793. The van der Waals surface area contributed by atoms with Gasteiger partial charge in [0, 0.05) is 10.4 Å². The highest BCUT2D eigenvalue weighted by molar-refractivity contribution is 7.11. The number of carbonyl (C=O) groups is 1. The topological polar surface area (TPSA) is 38.7 Å². The molecule has 0 saturated heterocycles. The minimum absolute atomic E-state index is 0.235. The molecule has 0 radical (unpaired) electrons. The summed E-state index contributed by atoms with van der Waals surface area (Å²) in [6.07, 6.45) is 1.73. The van der Waals surface area contributed by atoms with E-state index in [-0.39, 0.29) is 11.6 Å². The van der Waals surface area contributed by atoms with E-state index in [1.54, 1.807) is 35.6 Å². The Kier molecular flexibility index (Phi) is 3.85. The third-order valence-electron chi connectivity index (χ3n) is 2.96. The molecule has 1 aromatic carbocycles. The largest absolute Gasteiger partial charge is 0.402 e. The zero-order valence-corrected chi connectivity index (χ0v) is 13.2. The predicted molar refractivity (Wildman–Crippen MR) is 86.1 cm³/mol. The van der Waals surface area contributed by atoms with E-state index in [0.29, 0.717) is 15.6 Å². The normalized spacial score (nSPS) is 16.2. The summed E-state index contributed by atoms with van der Waals surface area (Å²) in [7, 11) is 0. The highest BCUT2D eigenvalue weighted by Gasteiger charge is 2.24. The van der Waals surface area contributed by atoms with Crippen molar-refractivity contribution in [2.45, 2.75) is 6.92 Å². The van der Waals surface area contributed by atoms with Crippen molar-refractivity contribution in [2.24, 2.45) is 4.99 Å². The summed E-state index contributed by atoms with van der Waals surface area (Å²) < 4.78 is 5.19. The van der Waals surface area contributed by atoms with Crippen molar-refractivity contribution in [3.05, 3.63) is 61.4 Å². The number of hydrogen-bond acceptors (Lipinski definition) is 4. The average molecular weight is 338 g/mol. The van der Waals surface area contributed by atoms with E-state index in [0.717, 1.165) is 10.4 Å². The van der Waals surface area contributed by atoms with Gasteiger partial charge in [-0.1, -0.05) is 23.2 Å². The first kappa shape index (κ1) is 14.3. The van der Waals surface area contributed by atoms with E-state index >= 15 is 0 Å². The van der Waals surface area contributed by atoms with Crippen LogP contribution in [0.5, 0.6) is 0 Å². The Hall–Kier alpha value is -1.62. The number of nitrogens with zero attached hydrogens (tertiary/aromatic N) is 1. The van der Waals surface area contributed by atoms with Crippen molar-refractivity contribution in [3.8, 4) is 0 Å². The molecule has 0 bridgehead atoms. The van der Waals surface area contributed by atoms with Gasteiger partial charge in [0.05, 0.1) is 10.0 Å². The van der Waals surface area contributed by atoms with Gasteiger partial charge in [0.2, 0.25) is 5.90 Å². The van der Waals surface area contributed by atoms with Crippen LogP contribution >= 0.6 is 34.5 Å². The van der Waals surface area contributed by atoms with Crippen molar-refractivity contribution in [1.82, 2.24) is 0 Å². The smallest absolute Gasteiger partial charge is 0.363 e. The lowest BCUT2D eigenvalue weighted by molar-refractivity contribution is -0.129. The maximum absolute atomic E-state index is 11.9. The second-order valence-corrected chi connectivity index (χ2v) is 6.19. The van der Waals surface area contributed by atoms with Crippen LogP contribution < -0.4 is 0 Å². The Morgan fingerprint density at radius 2 is 2.05 bits per heavy atom. The van der Waals surface area contributed by atoms with Gasteiger partial charge in [-0.05, 0) is 48.2 Å². The molecule has 6 heteroatoms. The van der Waals surface area contributed by atoms with Crippen molar-refractivity contribution in [1.29, 1.82) is 0 Å². The number of hydrogen-bond donors (Lipinski definition) is 0. The van der Waals surface area contributed by atoms with Crippen molar-refractivity contribution in [3.63, 3.8) is 0 Å². The summed E-state index contributed by atoms with van der Waals surface area (Å²) in [5, 5.41) is 2.79. The summed E-state index contributed by atoms with van der Waals surface area (Å²) in [5.74, 6) is -0.233. The monoisotopic (exact) mass is 337 g/mol. The van der Waals surface area contributed by atoms with E-state index in [1.165, 1.54) is 0 Å². The van der Waals surface area contributed by atoms with Crippen molar-refractivity contribution >= 4 is 52.5 Å². The standard InChI is InChI=1S/C15H9Cl2NO2S/c1-8-4-5-21-13(8)7-12-15(19)20-14(18-12)9-2-3-10(16)11(17)6-9/h2-7H,1H3/b12-7-. The van der Waals surface area contributed by atoms with Crippen LogP contribution in [0.15, 0.2) is 40.3 Å². The molecule has 2 heterocycles. The van der Waals surface area contributed by atoms with Crippen LogP contribution in [0.25, 0.3) is 6.08 Å². The number of carbonyl (C=O) groups excluding carboxylic acids is 1. The van der Waals surface area contributed by atoms with Gasteiger partial charge in [0.25, 0.3) is 0 Å². The molecular formula is C15H9Cl2NO2S. The molecule has 0 fully saturated rings. The number of cyclic esters (lactones) is 1. The molecule has 3 nitrogen and oxygen atoms in total. The number of benzene rings is 1. The molecule has 0 spiro atoms. The number of ether oxygens (including phenoxy) is 1. The molecule has 1 aromatic heterocycles. The fraction of sp³-hybridized carbons (Fsp3) is 0.0667. The number of esters is 1. The number of aryl methyl sites for hydroxylation is 1. The van der Waals surface area contributed by atoms with E-state index in [1.807, 2.05) is 18.4 Å². The van der Waals surface area contributed by atoms with Crippen molar-refractivity contribution < 1.29 is 9.53 Å². The van der Waals surface area contributed by atoms with E-state index in [4.69, 9.17) is 27.9 Å². The summed E-state index contributed by atoms with van der Waals surface area (Å²) in [6, 6.07) is 6.95. The van der Waals surface area contributed by atoms with E-state index in [2.05, 4.69) is 4.99 Å². The Morgan fingerprint density at radius 1 is 1.24 bits per heavy atom. The van der Waals surface area contributed by atoms with E-state index in [9.17, 15) is 4.79 Å². The summed E-state index contributed by atoms with van der Waals surface area (Å²) in [4.78, 5) is 17.1. The Balaban J connectivity index is 1.97. The van der Waals surface area contributed by atoms with Gasteiger partial charge >= 0.3 is 5.97 Å². The molecule has 1 aliphatic heterocycles. The molecule has 0 saturated carbocycles. The second-order valence-electron chi connectivity index (χ2n) is 4.43. The van der Waals surface area contributed by atoms with Crippen LogP contribution in [0.1, 0.15) is 16.0 Å². The van der Waals surface area contributed by atoms with Crippen LogP contribution in [-0.4, -0.2) is 11.9 Å². The molecule has 2 aromatic rings.